The lowest BCUT2D eigenvalue weighted by Gasteiger charge is -2.11. The van der Waals surface area contributed by atoms with Crippen molar-refractivity contribution in [1.29, 1.82) is 0 Å². The molecular formula is C13H8BrClF2O2. The molecule has 2 nitrogen and oxygen atoms in total. The molecular weight excluding hydrogens is 341 g/mol. The van der Waals surface area contributed by atoms with E-state index in [-0.39, 0.29) is 18.1 Å². The summed E-state index contributed by atoms with van der Waals surface area (Å²) in [6.07, 6.45) is 0. The average molecular weight is 350 g/mol. The molecule has 0 fully saturated rings. The highest BCUT2D eigenvalue weighted by atomic mass is 79.9. The van der Waals surface area contributed by atoms with E-state index in [0.717, 1.165) is 6.07 Å². The van der Waals surface area contributed by atoms with Crippen LogP contribution in [-0.4, -0.2) is 5.11 Å². The fraction of sp³-hybridized carbons (Fsp3) is 0.0769. The van der Waals surface area contributed by atoms with Gasteiger partial charge in [-0.05, 0) is 24.3 Å². The van der Waals surface area contributed by atoms with E-state index in [1.807, 2.05) is 0 Å². The third kappa shape index (κ3) is 3.23. The second-order valence-corrected chi connectivity index (χ2v) is 5.06. The third-order valence-corrected chi connectivity index (χ3v) is 3.07. The SMILES string of the molecule is OCc1ccc(Cl)cc1Oc1cc(Br)cc(F)c1F. The van der Waals surface area contributed by atoms with Gasteiger partial charge >= 0.3 is 0 Å². The van der Waals surface area contributed by atoms with Crippen molar-refractivity contribution in [2.24, 2.45) is 0 Å². The van der Waals surface area contributed by atoms with Crippen molar-refractivity contribution in [3.8, 4) is 11.5 Å². The Balaban J connectivity index is 2.44. The predicted molar refractivity (Wildman–Crippen MR) is 71.5 cm³/mol. The number of hydrogen-bond donors (Lipinski definition) is 1. The Kier molecular flexibility index (Phi) is 4.39. The van der Waals surface area contributed by atoms with Crippen molar-refractivity contribution < 1.29 is 18.6 Å². The number of ether oxygens (including phenoxy) is 1. The topological polar surface area (TPSA) is 29.5 Å². The zero-order chi connectivity index (χ0) is 14.0. The number of halogens is 4. The van der Waals surface area contributed by atoms with Gasteiger partial charge in [-0.25, -0.2) is 4.39 Å². The van der Waals surface area contributed by atoms with Crippen molar-refractivity contribution in [3.05, 3.63) is 57.0 Å². The summed E-state index contributed by atoms with van der Waals surface area (Å²) < 4.78 is 32.5. The van der Waals surface area contributed by atoms with E-state index in [2.05, 4.69) is 15.9 Å². The van der Waals surface area contributed by atoms with Gasteiger partial charge in [0.2, 0.25) is 5.82 Å². The van der Waals surface area contributed by atoms with Crippen LogP contribution in [0, 0.1) is 11.6 Å². The summed E-state index contributed by atoms with van der Waals surface area (Å²) in [5, 5.41) is 9.53. The molecule has 1 N–H and O–H groups in total. The molecule has 0 aliphatic carbocycles. The summed E-state index contributed by atoms with van der Waals surface area (Å²) in [4.78, 5) is 0. The molecule has 6 heteroatoms. The van der Waals surface area contributed by atoms with Gasteiger partial charge in [-0.15, -0.1) is 0 Å². The molecule has 0 bridgehead atoms. The van der Waals surface area contributed by atoms with Crippen LogP contribution in [0.5, 0.6) is 11.5 Å². The van der Waals surface area contributed by atoms with Crippen molar-refractivity contribution in [2.75, 3.05) is 0 Å². The largest absolute Gasteiger partial charge is 0.454 e. The minimum absolute atomic E-state index is 0.173. The number of aliphatic hydroxyl groups is 1. The van der Waals surface area contributed by atoms with Crippen LogP contribution in [0.4, 0.5) is 8.78 Å². The lowest BCUT2D eigenvalue weighted by molar-refractivity contribution is 0.275. The molecule has 0 aliphatic rings. The number of rotatable bonds is 3. The first-order chi connectivity index (χ1) is 9.01. The number of benzene rings is 2. The third-order valence-electron chi connectivity index (χ3n) is 2.38. The monoisotopic (exact) mass is 348 g/mol. The molecule has 0 unspecified atom stereocenters. The highest BCUT2D eigenvalue weighted by Gasteiger charge is 2.14. The maximum absolute atomic E-state index is 13.6. The molecule has 0 spiro atoms. The first-order valence-corrected chi connectivity index (χ1v) is 6.40. The molecule has 0 aliphatic heterocycles. The Hall–Kier alpha value is -1.17. The molecule has 0 atom stereocenters. The van der Waals surface area contributed by atoms with Crippen LogP contribution in [-0.2, 0) is 6.61 Å². The molecule has 0 amide bonds. The van der Waals surface area contributed by atoms with Gasteiger partial charge in [-0.3, -0.25) is 0 Å². The quantitative estimate of drug-likeness (QED) is 0.816. The fourth-order valence-electron chi connectivity index (χ4n) is 1.48. The average Bonchev–Trinajstić information content (AvgIpc) is 2.35. The van der Waals surface area contributed by atoms with Crippen LogP contribution in [0.2, 0.25) is 5.02 Å². The van der Waals surface area contributed by atoms with Gasteiger partial charge in [0.25, 0.3) is 0 Å². The molecule has 0 saturated heterocycles. The van der Waals surface area contributed by atoms with Crippen molar-refractivity contribution in [1.82, 2.24) is 0 Å². The zero-order valence-electron chi connectivity index (χ0n) is 9.46. The first kappa shape index (κ1) is 14.2. The van der Waals surface area contributed by atoms with Crippen molar-refractivity contribution in [2.45, 2.75) is 6.61 Å². The van der Waals surface area contributed by atoms with Gasteiger partial charge in [-0.1, -0.05) is 33.6 Å². The van der Waals surface area contributed by atoms with E-state index >= 15 is 0 Å². The maximum atomic E-state index is 13.6. The Morgan fingerprint density at radius 3 is 2.58 bits per heavy atom. The first-order valence-electron chi connectivity index (χ1n) is 5.23. The maximum Gasteiger partial charge on any atom is 0.201 e. The lowest BCUT2D eigenvalue weighted by atomic mass is 10.2. The van der Waals surface area contributed by atoms with Crippen LogP contribution in [0.3, 0.4) is 0 Å². The molecule has 2 aromatic rings. The van der Waals surface area contributed by atoms with E-state index in [1.165, 1.54) is 12.1 Å². The van der Waals surface area contributed by atoms with Crippen LogP contribution in [0.15, 0.2) is 34.8 Å². The molecule has 0 aromatic heterocycles. The summed E-state index contributed by atoms with van der Waals surface area (Å²) in [5.41, 5.74) is 0.421. The Morgan fingerprint density at radius 1 is 1.16 bits per heavy atom. The Labute approximate surface area is 121 Å². The standard InChI is InChI=1S/C13H8BrClF2O2/c14-8-3-10(16)13(17)12(4-8)19-11-5-9(15)2-1-7(11)6-18/h1-5,18H,6H2. The van der Waals surface area contributed by atoms with E-state index in [4.69, 9.17) is 21.4 Å². The molecule has 0 heterocycles. The molecule has 0 saturated carbocycles. The molecule has 2 aromatic carbocycles. The van der Waals surface area contributed by atoms with Gasteiger partial charge in [0, 0.05) is 15.1 Å². The van der Waals surface area contributed by atoms with Gasteiger partial charge in [-0.2, -0.15) is 4.39 Å². The van der Waals surface area contributed by atoms with E-state index in [0.29, 0.717) is 15.1 Å². The van der Waals surface area contributed by atoms with Crippen LogP contribution in [0.25, 0.3) is 0 Å². The van der Waals surface area contributed by atoms with Crippen LogP contribution in [0.1, 0.15) is 5.56 Å². The van der Waals surface area contributed by atoms with Gasteiger partial charge in [0.15, 0.2) is 11.6 Å². The fourth-order valence-corrected chi connectivity index (χ4v) is 2.05. The lowest BCUT2D eigenvalue weighted by Crippen LogP contribution is -1.96. The predicted octanol–water partition coefficient (Wildman–Crippen LogP) is 4.67. The Bertz CT molecular complexity index is 620. The summed E-state index contributed by atoms with van der Waals surface area (Å²) in [7, 11) is 0. The van der Waals surface area contributed by atoms with Crippen LogP contribution < -0.4 is 4.74 Å². The minimum Gasteiger partial charge on any atom is -0.454 e. The number of hydrogen-bond acceptors (Lipinski definition) is 2. The van der Waals surface area contributed by atoms with Gasteiger partial charge in [0.1, 0.15) is 5.75 Å². The van der Waals surface area contributed by atoms with E-state index in [1.54, 1.807) is 12.1 Å². The van der Waals surface area contributed by atoms with Crippen LogP contribution >= 0.6 is 27.5 Å². The second-order valence-electron chi connectivity index (χ2n) is 3.71. The zero-order valence-corrected chi connectivity index (χ0v) is 11.8. The Morgan fingerprint density at radius 2 is 1.89 bits per heavy atom. The summed E-state index contributed by atoms with van der Waals surface area (Å²) in [6, 6.07) is 6.82. The highest BCUT2D eigenvalue weighted by molar-refractivity contribution is 9.10. The van der Waals surface area contributed by atoms with Crippen molar-refractivity contribution >= 4 is 27.5 Å². The molecule has 100 valence electrons. The van der Waals surface area contributed by atoms with Gasteiger partial charge < -0.3 is 9.84 Å². The van der Waals surface area contributed by atoms with Crippen molar-refractivity contribution in [3.63, 3.8) is 0 Å². The smallest absolute Gasteiger partial charge is 0.201 e. The normalized spacial score (nSPS) is 10.6. The highest BCUT2D eigenvalue weighted by Crippen LogP contribution is 2.32. The molecule has 2 rings (SSSR count). The summed E-state index contributed by atoms with van der Waals surface area (Å²) >= 11 is 8.85. The summed E-state index contributed by atoms with van der Waals surface area (Å²) in [6.45, 7) is -0.301. The number of aliphatic hydroxyl groups excluding tert-OH is 1. The minimum atomic E-state index is -1.10. The van der Waals surface area contributed by atoms with E-state index < -0.39 is 11.6 Å². The molecule has 0 radical (unpaired) electrons. The summed E-state index contributed by atoms with van der Waals surface area (Å²) in [5.74, 6) is -2.25. The van der Waals surface area contributed by atoms with Gasteiger partial charge in [0.05, 0.1) is 6.61 Å². The second kappa shape index (κ2) is 5.86. The van der Waals surface area contributed by atoms with E-state index in [9.17, 15) is 8.78 Å². The molecule has 19 heavy (non-hydrogen) atoms.